The van der Waals surface area contributed by atoms with Crippen molar-refractivity contribution in [3.8, 4) is 5.75 Å². The average Bonchev–Trinajstić information content (AvgIpc) is 3.54. The predicted octanol–water partition coefficient (Wildman–Crippen LogP) is 3.36. The lowest BCUT2D eigenvalue weighted by molar-refractivity contribution is -0.132. The minimum absolute atomic E-state index is 0.289. The Labute approximate surface area is 158 Å². The molecule has 1 saturated carbocycles. The molecule has 6 heteroatoms. The molecule has 27 heavy (non-hydrogen) atoms. The van der Waals surface area contributed by atoms with E-state index in [4.69, 9.17) is 4.74 Å². The first-order chi connectivity index (χ1) is 13.2. The molecule has 0 aromatic heterocycles. The van der Waals surface area contributed by atoms with Gasteiger partial charge in [-0.2, -0.15) is 0 Å². The Morgan fingerprint density at radius 1 is 0.889 bits per heavy atom. The Kier molecular flexibility index (Phi) is 4.96. The van der Waals surface area contributed by atoms with Gasteiger partial charge in [0.15, 0.2) is 0 Å². The number of anilines is 2. The molecule has 1 N–H and O–H groups in total. The molecule has 6 nitrogen and oxygen atoms in total. The average molecular weight is 365 g/mol. The maximum Gasteiger partial charge on any atom is 0.417 e. The van der Waals surface area contributed by atoms with Crippen LogP contribution in [-0.4, -0.2) is 43.1 Å². The fourth-order valence-electron chi connectivity index (χ4n) is 3.27. The number of nitrogens with one attached hydrogen (secondary N) is 1. The van der Waals surface area contributed by atoms with Gasteiger partial charge in [-0.05, 0) is 49.2 Å². The van der Waals surface area contributed by atoms with Crippen LogP contribution in [0, 0.1) is 5.92 Å². The minimum Gasteiger partial charge on any atom is -0.410 e. The van der Waals surface area contributed by atoms with Crippen LogP contribution in [0.15, 0.2) is 54.6 Å². The molecule has 0 radical (unpaired) electrons. The summed E-state index contributed by atoms with van der Waals surface area (Å²) in [5.74, 6) is 1.12. The van der Waals surface area contributed by atoms with Gasteiger partial charge in [-0.15, -0.1) is 0 Å². The largest absolute Gasteiger partial charge is 0.417 e. The molecule has 2 aliphatic rings. The number of benzene rings is 2. The van der Waals surface area contributed by atoms with E-state index in [1.165, 1.54) is 0 Å². The fourth-order valence-corrected chi connectivity index (χ4v) is 3.27. The van der Waals surface area contributed by atoms with Crippen molar-refractivity contribution < 1.29 is 14.3 Å². The van der Waals surface area contributed by atoms with Crippen LogP contribution in [0.3, 0.4) is 0 Å². The molecular weight excluding hydrogens is 342 g/mol. The van der Waals surface area contributed by atoms with Crippen molar-refractivity contribution in [3.63, 3.8) is 0 Å². The van der Waals surface area contributed by atoms with Gasteiger partial charge in [-0.1, -0.05) is 18.2 Å². The zero-order valence-corrected chi connectivity index (χ0v) is 15.1. The van der Waals surface area contributed by atoms with E-state index in [9.17, 15) is 9.59 Å². The molecular formula is C21H23N3O3. The van der Waals surface area contributed by atoms with E-state index in [2.05, 4.69) is 10.2 Å². The summed E-state index contributed by atoms with van der Waals surface area (Å²) in [5.41, 5.74) is 1.78. The van der Waals surface area contributed by atoms with Crippen molar-refractivity contribution >= 4 is 23.4 Å². The number of carbonyl (C=O) groups is 2. The molecule has 1 aliphatic carbocycles. The molecule has 1 heterocycles. The summed E-state index contributed by atoms with van der Waals surface area (Å²) in [4.78, 5) is 28.3. The number of nitrogens with zero attached hydrogens (tertiary/aromatic N) is 2. The highest BCUT2D eigenvalue weighted by Gasteiger charge is 2.34. The SMILES string of the molecule is O=C(Nc1ccc(N2CCN(C(=O)C3CC3)CC2)cc1)Oc1ccccc1. The first-order valence-electron chi connectivity index (χ1n) is 9.37. The highest BCUT2D eigenvalue weighted by molar-refractivity contribution is 5.86. The van der Waals surface area contributed by atoms with Crippen molar-refractivity contribution in [2.75, 3.05) is 36.4 Å². The summed E-state index contributed by atoms with van der Waals surface area (Å²) in [6.45, 7) is 3.22. The maximum absolute atomic E-state index is 12.1. The van der Waals surface area contributed by atoms with E-state index in [1.54, 1.807) is 12.1 Å². The first kappa shape index (κ1) is 17.4. The Balaban J connectivity index is 1.28. The quantitative estimate of drug-likeness (QED) is 0.903. The Morgan fingerprint density at radius 2 is 1.56 bits per heavy atom. The van der Waals surface area contributed by atoms with Crippen LogP contribution in [0.5, 0.6) is 5.75 Å². The van der Waals surface area contributed by atoms with Crippen LogP contribution >= 0.6 is 0 Å². The molecule has 1 aliphatic heterocycles. The number of amides is 2. The van der Waals surface area contributed by atoms with Gasteiger partial charge in [0.25, 0.3) is 0 Å². The Morgan fingerprint density at radius 3 is 2.19 bits per heavy atom. The third-order valence-electron chi connectivity index (χ3n) is 4.95. The normalized spacial score (nSPS) is 16.7. The highest BCUT2D eigenvalue weighted by atomic mass is 16.6. The van der Waals surface area contributed by atoms with E-state index < -0.39 is 6.09 Å². The van der Waals surface area contributed by atoms with Gasteiger partial charge in [0.05, 0.1) is 0 Å². The third kappa shape index (κ3) is 4.39. The standard InChI is InChI=1S/C21H23N3O3/c25-20(16-6-7-16)24-14-12-23(13-15-24)18-10-8-17(9-11-18)22-21(26)27-19-4-2-1-3-5-19/h1-5,8-11,16H,6-7,12-15H2,(H,22,26). The van der Waals surface area contributed by atoms with Gasteiger partial charge >= 0.3 is 6.09 Å². The molecule has 0 atom stereocenters. The second-order valence-corrected chi connectivity index (χ2v) is 6.96. The zero-order chi connectivity index (χ0) is 18.6. The molecule has 0 spiro atoms. The van der Waals surface area contributed by atoms with E-state index in [0.29, 0.717) is 17.3 Å². The van der Waals surface area contributed by atoms with E-state index in [0.717, 1.165) is 44.7 Å². The number of ether oxygens (including phenoxy) is 1. The van der Waals surface area contributed by atoms with E-state index in [1.807, 2.05) is 47.4 Å². The topological polar surface area (TPSA) is 61.9 Å². The molecule has 140 valence electrons. The van der Waals surface area contributed by atoms with Gasteiger partial charge in [0.1, 0.15) is 5.75 Å². The number of piperazine rings is 1. The number of hydrogen-bond donors (Lipinski definition) is 1. The number of carbonyl (C=O) groups excluding carboxylic acids is 2. The van der Waals surface area contributed by atoms with Gasteiger partial charge in [-0.3, -0.25) is 10.1 Å². The molecule has 0 unspecified atom stereocenters. The van der Waals surface area contributed by atoms with Crippen molar-refractivity contribution in [2.45, 2.75) is 12.8 Å². The van der Waals surface area contributed by atoms with Gasteiger partial charge in [0, 0.05) is 43.5 Å². The molecule has 2 aromatic carbocycles. The molecule has 2 aromatic rings. The van der Waals surface area contributed by atoms with Gasteiger partial charge in [-0.25, -0.2) is 4.79 Å². The minimum atomic E-state index is -0.513. The summed E-state index contributed by atoms with van der Waals surface area (Å²) in [6.07, 6.45) is 1.60. The van der Waals surface area contributed by atoms with Crippen LogP contribution in [0.1, 0.15) is 12.8 Å². The summed E-state index contributed by atoms with van der Waals surface area (Å²) in [6, 6.07) is 16.7. The smallest absolute Gasteiger partial charge is 0.410 e. The molecule has 2 fully saturated rings. The fraction of sp³-hybridized carbons (Fsp3) is 0.333. The van der Waals surface area contributed by atoms with Gasteiger partial charge in [0.2, 0.25) is 5.91 Å². The van der Waals surface area contributed by atoms with Crippen LogP contribution in [-0.2, 0) is 4.79 Å². The van der Waals surface area contributed by atoms with Crippen LogP contribution in [0.25, 0.3) is 0 Å². The van der Waals surface area contributed by atoms with Crippen LogP contribution in [0.2, 0.25) is 0 Å². The summed E-state index contributed by atoms with van der Waals surface area (Å²) >= 11 is 0. The number of rotatable bonds is 4. The van der Waals surface area contributed by atoms with Crippen molar-refractivity contribution in [3.05, 3.63) is 54.6 Å². The third-order valence-corrected chi connectivity index (χ3v) is 4.95. The van der Waals surface area contributed by atoms with Crippen molar-refractivity contribution in [1.82, 2.24) is 4.90 Å². The van der Waals surface area contributed by atoms with Gasteiger partial charge < -0.3 is 14.5 Å². The number of para-hydroxylation sites is 1. The van der Waals surface area contributed by atoms with Crippen LogP contribution < -0.4 is 15.0 Å². The highest BCUT2D eigenvalue weighted by Crippen LogP contribution is 2.31. The lowest BCUT2D eigenvalue weighted by Crippen LogP contribution is -2.49. The van der Waals surface area contributed by atoms with E-state index in [-0.39, 0.29) is 5.92 Å². The second kappa shape index (κ2) is 7.70. The zero-order valence-electron chi connectivity index (χ0n) is 15.1. The predicted molar refractivity (Wildman–Crippen MR) is 104 cm³/mol. The molecule has 0 bridgehead atoms. The number of hydrogen-bond acceptors (Lipinski definition) is 4. The summed E-state index contributed by atoms with van der Waals surface area (Å²) in [5, 5.41) is 2.73. The van der Waals surface area contributed by atoms with Crippen LogP contribution in [0.4, 0.5) is 16.2 Å². The Bertz CT molecular complexity index is 795. The monoisotopic (exact) mass is 365 g/mol. The maximum atomic E-state index is 12.1. The molecule has 1 saturated heterocycles. The Hall–Kier alpha value is -3.02. The molecule has 2 amide bonds. The lowest BCUT2D eigenvalue weighted by atomic mass is 10.2. The molecule has 4 rings (SSSR count). The summed E-state index contributed by atoms with van der Waals surface area (Å²) in [7, 11) is 0. The summed E-state index contributed by atoms with van der Waals surface area (Å²) < 4.78 is 5.23. The van der Waals surface area contributed by atoms with Crippen molar-refractivity contribution in [2.24, 2.45) is 5.92 Å². The lowest BCUT2D eigenvalue weighted by Gasteiger charge is -2.36. The van der Waals surface area contributed by atoms with E-state index >= 15 is 0 Å². The second-order valence-electron chi connectivity index (χ2n) is 6.96. The first-order valence-corrected chi connectivity index (χ1v) is 9.37. The van der Waals surface area contributed by atoms with Crippen molar-refractivity contribution in [1.29, 1.82) is 0 Å².